The first-order chi connectivity index (χ1) is 7.64. The second kappa shape index (κ2) is 3.08. The zero-order chi connectivity index (χ0) is 11.2. The molecule has 1 aliphatic heterocycles. The molecule has 0 fully saturated rings. The lowest BCUT2D eigenvalue weighted by atomic mass is 9.96. The molecule has 0 aliphatic carbocycles. The molecule has 0 spiro atoms. The largest absolute Gasteiger partial charge is 0.376 e. The van der Waals surface area contributed by atoms with Gasteiger partial charge in [-0.05, 0) is 37.6 Å². The van der Waals surface area contributed by atoms with Gasteiger partial charge in [0.1, 0.15) is 0 Å². The van der Waals surface area contributed by atoms with Gasteiger partial charge in [0.25, 0.3) is 0 Å². The van der Waals surface area contributed by atoms with E-state index in [4.69, 9.17) is 0 Å². The number of rotatable bonds is 0. The van der Waals surface area contributed by atoms with Gasteiger partial charge >= 0.3 is 0 Å². The van der Waals surface area contributed by atoms with Crippen molar-refractivity contribution in [2.45, 2.75) is 19.4 Å². The van der Waals surface area contributed by atoms with Gasteiger partial charge in [-0.3, -0.25) is 4.98 Å². The normalized spacial score (nSPS) is 16.9. The fourth-order valence-electron chi connectivity index (χ4n) is 2.07. The highest BCUT2D eigenvalue weighted by Crippen LogP contribution is 2.30. The zero-order valence-electron chi connectivity index (χ0n) is 9.49. The average Bonchev–Trinajstić information content (AvgIpc) is 2.25. The summed E-state index contributed by atoms with van der Waals surface area (Å²) in [5, 5.41) is 4.69. The molecule has 16 heavy (non-hydrogen) atoms. The molecule has 3 rings (SSSR count). The van der Waals surface area contributed by atoms with Crippen LogP contribution in [0.4, 0.5) is 5.69 Å². The van der Waals surface area contributed by atoms with Crippen LogP contribution in [-0.4, -0.2) is 10.5 Å². The summed E-state index contributed by atoms with van der Waals surface area (Å²) in [6.45, 7) is 4.33. The van der Waals surface area contributed by atoms with Gasteiger partial charge in [-0.1, -0.05) is 18.2 Å². The molecule has 1 aromatic carbocycles. The molecule has 1 aliphatic rings. The Morgan fingerprint density at radius 3 is 3.00 bits per heavy atom. The minimum absolute atomic E-state index is 0.0306. The van der Waals surface area contributed by atoms with Crippen LogP contribution in [-0.2, 0) is 0 Å². The third-order valence-electron chi connectivity index (χ3n) is 2.91. The molecule has 2 aromatic rings. The summed E-state index contributed by atoms with van der Waals surface area (Å²) in [7, 11) is 0. The van der Waals surface area contributed by atoms with Crippen LogP contribution in [0.2, 0.25) is 0 Å². The topological polar surface area (TPSA) is 24.9 Å². The van der Waals surface area contributed by atoms with Crippen molar-refractivity contribution in [2.75, 3.05) is 5.32 Å². The van der Waals surface area contributed by atoms with E-state index in [0.29, 0.717) is 0 Å². The number of nitrogens with one attached hydrogen (secondary N) is 1. The Balaban J connectivity index is 2.24. The second-order valence-electron chi connectivity index (χ2n) is 4.82. The van der Waals surface area contributed by atoms with Crippen molar-refractivity contribution in [2.24, 2.45) is 0 Å². The summed E-state index contributed by atoms with van der Waals surface area (Å²) in [5.41, 5.74) is 3.48. The lowest BCUT2D eigenvalue weighted by Gasteiger charge is -2.29. The van der Waals surface area contributed by atoms with Gasteiger partial charge in [-0.25, -0.2) is 0 Å². The van der Waals surface area contributed by atoms with Crippen LogP contribution in [0.25, 0.3) is 17.0 Å². The highest BCUT2D eigenvalue weighted by Gasteiger charge is 2.19. The summed E-state index contributed by atoms with van der Waals surface area (Å²) in [6, 6.07) is 8.36. The summed E-state index contributed by atoms with van der Waals surface area (Å²) < 4.78 is 0. The van der Waals surface area contributed by atoms with Gasteiger partial charge in [0.15, 0.2) is 0 Å². The predicted molar refractivity (Wildman–Crippen MR) is 68.5 cm³/mol. The van der Waals surface area contributed by atoms with Crippen molar-refractivity contribution in [1.29, 1.82) is 0 Å². The zero-order valence-corrected chi connectivity index (χ0v) is 9.49. The van der Waals surface area contributed by atoms with Gasteiger partial charge in [-0.2, -0.15) is 0 Å². The Morgan fingerprint density at radius 2 is 2.12 bits per heavy atom. The van der Waals surface area contributed by atoms with Crippen LogP contribution in [0, 0.1) is 0 Å². The number of fused-ring (bicyclic) bond motifs is 2. The van der Waals surface area contributed by atoms with Gasteiger partial charge in [-0.15, -0.1) is 0 Å². The van der Waals surface area contributed by atoms with Crippen molar-refractivity contribution >= 4 is 22.7 Å². The van der Waals surface area contributed by atoms with Crippen molar-refractivity contribution in [3.05, 3.63) is 42.1 Å². The van der Waals surface area contributed by atoms with E-state index in [1.54, 1.807) is 0 Å². The molecule has 0 atom stereocenters. The van der Waals surface area contributed by atoms with E-state index in [-0.39, 0.29) is 5.54 Å². The SMILES string of the molecule is CC1(C)C=Cc2cc3ncccc3cc2N1. The van der Waals surface area contributed by atoms with Crippen molar-refractivity contribution in [1.82, 2.24) is 4.98 Å². The lowest BCUT2D eigenvalue weighted by Crippen LogP contribution is -2.30. The van der Waals surface area contributed by atoms with Crippen LogP contribution in [0.3, 0.4) is 0 Å². The van der Waals surface area contributed by atoms with Crippen LogP contribution in [0.1, 0.15) is 19.4 Å². The van der Waals surface area contributed by atoms with E-state index in [1.165, 1.54) is 16.6 Å². The molecule has 0 radical (unpaired) electrons. The van der Waals surface area contributed by atoms with Crippen molar-refractivity contribution < 1.29 is 0 Å². The first kappa shape index (κ1) is 9.40. The molecule has 1 aromatic heterocycles. The Labute approximate surface area is 95.0 Å². The van der Waals surface area contributed by atoms with E-state index in [9.17, 15) is 0 Å². The number of hydrogen-bond donors (Lipinski definition) is 1. The molecule has 2 heteroatoms. The van der Waals surface area contributed by atoms with Crippen LogP contribution < -0.4 is 5.32 Å². The average molecular weight is 210 g/mol. The number of anilines is 1. The third kappa shape index (κ3) is 1.47. The molecule has 2 heterocycles. The molecule has 0 saturated heterocycles. The Morgan fingerprint density at radius 1 is 1.25 bits per heavy atom. The Hall–Kier alpha value is -1.83. The fraction of sp³-hybridized carbons (Fsp3) is 0.214. The molecule has 0 saturated carbocycles. The van der Waals surface area contributed by atoms with Crippen molar-refractivity contribution in [3.63, 3.8) is 0 Å². The second-order valence-corrected chi connectivity index (χ2v) is 4.82. The maximum Gasteiger partial charge on any atom is 0.0709 e. The van der Waals surface area contributed by atoms with Crippen molar-refractivity contribution in [3.8, 4) is 0 Å². The number of pyridine rings is 1. The predicted octanol–water partition coefficient (Wildman–Crippen LogP) is 3.45. The van der Waals surface area contributed by atoms with Gasteiger partial charge in [0, 0.05) is 17.3 Å². The van der Waals surface area contributed by atoms with Gasteiger partial charge < -0.3 is 5.32 Å². The maximum absolute atomic E-state index is 4.36. The number of aromatic nitrogens is 1. The number of nitrogens with zero attached hydrogens (tertiary/aromatic N) is 1. The van der Waals surface area contributed by atoms with E-state index >= 15 is 0 Å². The van der Waals surface area contributed by atoms with Gasteiger partial charge in [0.05, 0.1) is 11.1 Å². The Bertz CT molecular complexity index is 582. The van der Waals surface area contributed by atoms with E-state index in [2.05, 4.69) is 54.5 Å². The van der Waals surface area contributed by atoms with E-state index < -0.39 is 0 Å². The summed E-state index contributed by atoms with van der Waals surface area (Å²) in [6.07, 6.45) is 6.18. The van der Waals surface area contributed by atoms with E-state index in [0.717, 1.165) is 5.52 Å². The first-order valence-electron chi connectivity index (χ1n) is 5.50. The lowest BCUT2D eigenvalue weighted by molar-refractivity contribution is 0.711. The quantitative estimate of drug-likeness (QED) is 0.720. The fourth-order valence-corrected chi connectivity index (χ4v) is 2.07. The summed E-state index contributed by atoms with van der Waals surface area (Å²) in [5.74, 6) is 0. The third-order valence-corrected chi connectivity index (χ3v) is 2.91. The number of benzene rings is 1. The van der Waals surface area contributed by atoms with E-state index in [1.807, 2.05) is 12.3 Å². The maximum atomic E-state index is 4.36. The molecule has 0 bridgehead atoms. The monoisotopic (exact) mass is 210 g/mol. The van der Waals surface area contributed by atoms with Crippen LogP contribution >= 0.6 is 0 Å². The summed E-state index contributed by atoms with van der Waals surface area (Å²) >= 11 is 0. The van der Waals surface area contributed by atoms with Gasteiger partial charge in [0.2, 0.25) is 0 Å². The molecule has 2 nitrogen and oxygen atoms in total. The molecular formula is C14H14N2. The molecule has 0 unspecified atom stereocenters. The highest BCUT2D eigenvalue weighted by atomic mass is 15.0. The number of hydrogen-bond acceptors (Lipinski definition) is 2. The standard InChI is InChI=1S/C14H14N2/c1-14(2)6-5-11-8-12-10(4-3-7-15-12)9-13(11)16-14/h3-9,16H,1-2H3. The smallest absolute Gasteiger partial charge is 0.0709 e. The molecule has 0 amide bonds. The first-order valence-corrected chi connectivity index (χ1v) is 5.50. The van der Waals surface area contributed by atoms with Crippen LogP contribution in [0.15, 0.2) is 36.5 Å². The molecule has 80 valence electrons. The van der Waals surface area contributed by atoms with Crippen LogP contribution in [0.5, 0.6) is 0 Å². The minimum atomic E-state index is 0.0306. The summed E-state index contributed by atoms with van der Waals surface area (Å²) in [4.78, 5) is 4.36. The Kier molecular flexibility index (Phi) is 1.81. The molecule has 1 N–H and O–H groups in total. The highest BCUT2D eigenvalue weighted by molar-refractivity contribution is 5.88. The molecular weight excluding hydrogens is 196 g/mol. The minimum Gasteiger partial charge on any atom is -0.376 e.